The summed E-state index contributed by atoms with van der Waals surface area (Å²) in [7, 11) is 1.59. The Hall–Kier alpha value is -2.14. The Morgan fingerprint density at radius 1 is 1.08 bits per heavy atom. The fourth-order valence-corrected chi connectivity index (χ4v) is 3.52. The van der Waals surface area contributed by atoms with Gasteiger partial charge in [0.2, 0.25) is 11.8 Å². The van der Waals surface area contributed by atoms with E-state index in [0.717, 1.165) is 26.7 Å². The molecule has 2 aromatic carbocycles. The minimum absolute atomic E-state index is 0.0638. The van der Waals surface area contributed by atoms with Crippen LogP contribution in [-0.4, -0.2) is 29.8 Å². The van der Waals surface area contributed by atoms with E-state index in [0.29, 0.717) is 6.54 Å². The molecule has 0 aromatic heterocycles. The Bertz CT molecular complexity index is 784. The smallest absolute Gasteiger partial charge is 0.242 e. The van der Waals surface area contributed by atoms with Crippen LogP contribution in [0.3, 0.4) is 0 Å². The van der Waals surface area contributed by atoms with E-state index in [1.165, 1.54) is 0 Å². The van der Waals surface area contributed by atoms with Crippen molar-refractivity contribution in [1.82, 2.24) is 10.2 Å². The molecule has 0 fully saturated rings. The number of benzene rings is 2. The lowest BCUT2D eigenvalue weighted by Crippen LogP contribution is -2.47. The number of nitrogens with zero attached hydrogens (tertiary/aromatic N) is 1. The summed E-state index contributed by atoms with van der Waals surface area (Å²) in [6, 6.07) is 13.4. The molecule has 4 nitrogen and oxygen atoms in total. The van der Waals surface area contributed by atoms with Gasteiger partial charge in [-0.3, -0.25) is 9.59 Å². The maximum absolute atomic E-state index is 13.0. The van der Waals surface area contributed by atoms with Crippen LogP contribution in [0.1, 0.15) is 29.2 Å². The molecule has 2 aromatic rings. The summed E-state index contributed by atoms with van der Waals surface area (Å²) >= 11 is 3.46. The molecule has 0 heterocycles. The van der Waals surface area contributed by atoms with Crippen molar-refractivity contribution >= 4 is 27.7 Å². The summed E-state index contributed by atoms with van der Waals surface area (Å²) < 4.78 is 0.948. The second kappa shape index (κ2) is 8.99. The highest BCUT2D eigenvalue weighted by Gasteiger charge is 2.25. The predicted octanol–water partition coefficient (Wildman–Crippen LogP) is 3.77. The molecule has 0 bridgehead atoms. The first-order valence-corrected chi connectivity index (χ1v) is 9.42. The van der Waals surface area contributed by atoms with Gasteiger partial charge in [0, 0.05) is 18.1 Å². The first kappa shape index (κ1) is 20.2. The molecule has 5 heteroatoms. The topological polar surface area (TPSA) is 49.4 Å². The Kier molecular flexibility index (Phi) is 6.98. The normalized spacial score (nSPS) is 11.7. The Morgan fingerprint density at radius 3 is 2.31 bits per heavy atom. The van der Waals surface area contributed by atoms with Gasteiger partial charge in [0.05, 0.1) is 6.42 Å². The van der Waals surface area contributed by atoms with Crippen LogP contribution in [0.5, 0.6) is 0 Å². The third kappa shape index (κ3) is 5.43. The molecule has 138 valence electrons. The van der Waals surface area contributed by atoms with E-state index < -0.39 is 6.04 Å². The summed E-state index contributed by atoms with van der Waals surface area (Å²) in [5.41, 5.74) is 4.20. The highest BCUT2D eigenvalue weighted by Crippen LogP contribution is 2.17. The van der Waals surface area contributed by atoms with Crippen LogP contribution < -0.4 is 5.32 Å². The van der Waals surface area contributed by atoms with Crippen LogP contribution in [0.2, 0.25) is 0 Å². The van der Waals surface area contributed by atoms with E-state index in [9.17, 15) is 9.59 Å². The Balaban J connectivity index is 2.26. The largest absolute Gasteiger partial charge is 0.357 e. The second-order valence-electron chi connectivity index (χ2n) is 6.61. The number of rotatable bonds is 6. The van der Waals surface area contributed by atoms with Crippen LogP contribution in [-0.2, 0) is 22.6 Å². The van der Waals surface area contributed by atoms with Gasteiger partial charge in [0.25, 0.3) is 0 Å². The van der Waals surface area contributed by atoms with Gasteiger partial charge in [-0.1, -0.05) is 57.4 Å². The number of amides is 2. The van der Waals surface area contributed by atoms with E-state index in [1.54, 1.807) is 18.9 Å². The molecule has 2 rings (SSSR count). The molecular weight excluding hydrogens is 392 g/mol. The number of halogens is 1. The van der Waals surface area contributed by atoms with Gasteiger partial charge in [0.15, 0.2) is 0 Å². The van der Waals surface area contributed by atoms with Crippen LogP contribution >= 0.6 is 15.9 Å². The quantitative estimate of drug-likeness (QED) is 0.778. The van der Waals surface area contributed by atoms with Crippen LogP contribution in [0.15, 0.2) is 46.9 Å². The van der Waals surface area contributed by atoms with Crippen molar-refractivity contribution < 1.29 is 9.59 Å². The van der Waals surface area contributed by atoms with E-state index in [2.05, 4.69) is 27.3 Å². The van der Waals surface area contributed by atoms with Crippen molar-refractivity contribution in [2.75, 3.05) is 7.05 Å². The Morgan fingerprint density at radius 2 is 1.73 bits per heavy atom. The average Bonchev–Trinajstić information content (AvgIpc) is 2.57. The molecular formula is C21H25BrN2O2. The van der Waals surface area contributed by atoms with E-state index in [-0.39, 0.29) is 18.2 Å². The SMILES string of the molecule is CNC(=O)[C@H](C)N(Cc1cccc(Br)c1)C(=O)Cc1cc(C)cc(C)c1. The van der Waals surface area contributed by atoms with Gasteiger partial charge in [0.1, 0.15) is 6.04 Å². The minimum atomic E-state index is -0.544. The minimum Gasteiger partial charge on any atom is -0.357 e. The first-order chi connectivity index (χ1) is 12.3. The Labute approximate surface area is 163 Å². The van der Waals surface area contributed by atoms with Crippen molar-refractivity contribution in [3.8, 4) is 0 Å². The number of nitrogens with one attached hydrogen (secondary N) is 1. The number of hydrogen-bond donors (Lipinski definition) is 1. The average molecular weight is 417 g/mol. The molecule has 2 amide bonds. The number of carbonyl (C=O) groups excluding carboxylic acids is 2. The predicted molar refractivity (Wildman–Crippen MR) is 108 cm³/mol. The van der Waals surface area contributed by atoms with Crippen molar-refractivity contribution in [3.63, 3.8) is 0 Å². The zero-order chi connectivity index (χ0) is 19.3. The van der Waals surface area contributed by atoms with Crippen molar-refractivity contribution in [1.29, 1.82) is 0 Å². The van der Waals surface area contributed by atoms with E-state index in [1.807, 2.05) is 50.2 Å². The fourth-order valence-electron chi connectivity index (χ4n) is 3.07. The van der Waals surface area contributed by atoms with Gasteiger partial charge >= 0.3 is 0 Å². The van der Waals surface area contributed by atoms with Crippen molar-refractivity contribution in [2.45, 2.75) is 39.8 Å². The maximum atomic E-state index is 13.0. The molecule has 26 heavy (non-hydrogen) atoms. The monoisotopic (exact) mass is 416 g/mol. The zero-order valence-corrected chi connectivity index (χ0v) is 17.3. The first-order valence-electron chi connectivity index (χ1n) is 8.63. The van der Waals surface area contributed by atoms with Gasteiger partial charge in [-0.05, 0) is 44.0 Å². The van der Waals surface area contributed by atoms with E-state index >= 15 is 0 Å². The number of carbonyl (C=O) groups is 2. The van der Waals surface area contributed by atoms with Gasteiger partial charge in [-0.25, -0.2) is 0 Å². The molecule has 0 spiro atoms. The highest BCUT2D eigenvalue weighted by molar-refractivity contribution is 9.10. The number of hydrogen-bond acceptors (Lipinski definition) is 2. The molecule has 0 unspecified atom stereocenters. The van der Waals surface area contributed by atoms with Crippen LogP contribution in [0.25, 0.3) is 0 Å². The lowest BCUT2D eigenvalue weighted by molar-refractivity contribution is -0.139. The molecule has 0 saturated heterocycles. The molecule has 1 atom stereocenters. The molecule has 0 saturated carbocycles. The maximum Gasteiger partial charge on any atom is 0.242 e. The van der Waals surface area contributed by atoms with Crippen LogP contribution in [0.4, 0.5) is 0 Å². The van der Waals surface area contributed by atoms with Gasteiger partial charge in [-0.2, -0.15) is 0 Å². The zero-order valence-electron chi connectivity index (χ0n) is 15.7. The molecule has 0 aliphatic rings. The lowest BCUT2D eigenvalue weighted by Gasteiger charge is -2.28. The van der Waals surface area contributed by atoms with Gasteiger partial charge < -0.3 is 10.2 Å². The van der Waals surface area contributed by atoms with Crippen molar-refractivity contribution in [3.05, 3.63) is 69.2 Å². The number of likely N-dealkylation sites (N-methyl/N-ethyl adjacent to an activating group) is 1. The lowest BCUT2D eigenvalue weighted by atomic mass is 10.0. The summed E-state index contributed by atoms with van der Waals surface area (Å²) in [6.45, 7) is 6.19. The molecule has 0 aliphatic heterocycles. The van der Waals surface area contributed by atoms with Crippen molar-refractivity contribution in [2.24, 2.45) is 0 Å². The summed E-state index contributed by atoms with van der Waals surface area (Å²) in [4.78, 5) is 26.8. The second-order valence-corrected chi connectivity index (χ2v) is 7.53. The molecule has 0 aliphatic carbocycles. The summed E-state index contributed by atoms with van der Waals surface area (Å²) in [5.74, 6) is -0.236. The van der Waals surface area contributed by atoms with Gasteiger partial charge in [-0.15, -0.1) is 0 Å². The fraction of sp³-hybridized carbons (Fsp3) is 0.333. The molecule has 1 N–H and O–H groups in total. The summed E-state index contributed by atoms with van der Waals surface area (Å²) in [6.07, 6.45) is 0.276. The van der Waals surface area contributed by atoms with E-state index in [4.69, 9.17) is 0 Å². The highest BCUT2D eigenvalue weighted by atomic mass is 79.9. The summed E-state index contributed by atoms with van der Waals surface area (Å²) in [5, 5.41) is 2.64. The standard InChI is InChI=1S/C21H25BrN2O2/c1-14-8-15(2)10-18(9-14)12-20(25)24(16(3)21(26)23-4)13-17-6-5-7-19(22)11-17/h5-11,16H,12-13H2,1-4H3,(H,23,26)/t16-/m0/s1. The third-order valence-electron chi connectivity index (χ3n) is 4.29. The third-order valence-corrected chi connectivity index (χ3v) is 4.79. The molecule has 0 radical (unpaired) electrons. The van der Waals surface area contributed by atoms with Crippen LogP contribution in [0, 0.1) is 13.8 Å². The number of aryl methyl sites for hydroxylation is 2.